The molecule has 1 heterocycles. The topological polar surface area (TPSA) is 45.9 Å². The molecule has 0 saturated heterocycles. The Bertz CT molecular complexity index is 386. The first kappa shape index (κ1) is 10.6. The Morgan fingerprint density at radius 2 is 2.07 bits per heavy atom. The van der Waals surface area contributed by atoms with Gasteiger partial charge in [-0.05, 0) is 0 Å². The molecule has 3 nitrogen and oxygen atoms in total. The Labute approximate surface area is 81.7 Å². The second-order valence-electron chi connectivity index (χ2n) is 2.16. The van der Waals surface area contributed by atoms with Crippen molar-refractivity contribution < 1.29 is 17.9 Å². The van der Waals surface area contributed by atoms with Crippen LogP contribution >= 0.6 is 11.6 Å². The van der Waals surface area contributed by atoms with Crippen molar-refractivity contribution in [2.24, 2.45) is 0 Å². The summed E-state index contributed by atoms with van der Waals surface area (Å²) in [5, 5.41) is 8.03. The van der Waals surface area contributed by atoms with Crippen LogP contribution in [0.25, 0.3) is 0 Å². The second kappa shape index (κ2) is 3.72. The number of nitriles is 1. The van der Waals surface area contributed by atoms with Crippen LogP contribution in [0, 0.1) is 11.3 Å². The maximum atomic E-state index is 11.8. The number of alkyl halides is 3. The standard InChI is InChI=1S/C7H2ClF3N2O/c8-6-4(1-12)2-13-3-5(6)14-7(9,10)11/h2-3H. The summed E-state index contributed by atoms with van der Waals surface area (Å²) < 4.78 is 38.8. The van der Waals surface area contributed by atoms with Gasteiger partial charge in [0.15, 0.2) is 5.75 Å². The van der Waals surface area contributed by atoms with Crippen molar-refractivity contribution in [1.29, 1.82) is 5.26 Å². The number of hydrogen-bond donors (Lipinski definition) is 0. The molecule has 0 aliphatic rings. The molecule has 0 radical (unpaired) electrons. The Hall–Kier alpha value is -1.48. The molecule has 0 aliphatic carbocycles. The molecule has 0 spiro atoms. The van der Waals surface area contributed by atoms with Gasteiger partial charge in [0.2, 0.25) is 0 Å². The summed E-state index contributed by atoms with van der Waals surface area (Å²) in [5.74, 6) is -0.682. The molecule has 0 saturated carbocycles. The molecular formula is C7H2ClF3N2O. The van der Waals surface area contributed by atoms with Gasteiger partial charge in [-0.15, -0.1) is 13.2 Å². The number of pyridine rings is 1. The molecule has 0 aromatic carbocycles. The molecule has 0 bridgehead atoms. The van der Waals surface area contributed by atoms with Crippen molar-refractivity contribution in [3.63, 3.8) is 0 Å². The van der Waals surface area contributed by atoms with E-state index in [4.69, 9.17) is 16.9 Å². The van der Waals surface area contributed by atoms with Gasteiger partial charge in [0, 0.05) is 6.20 Å². The fourth-order valence-corrected chi connectivity index (χ4v) is 0.878. The van der Waals surface area contributed by atoms with Crippen LogP contribution in [0.3, 0.4) is 0 Å². The first-order chi connectivity index (χ1) is 6.44. The van der Waals surface area contributed by atoms with Crippen LogP contribution in [0.1, 0.15) is 5.56 Å². The summed E-state index contributed by atoms with van der Waals surface area (Å²) in [6.45, 7) is 0. The molecule has 0 atom stereocenters. The van der Waals surface area contributed by atoms with E-state index in [2.05, 4.69) is 9.72 Å². The number of hydrogen-bond acceptors (Lipinski definition) is 3. The molecule has 0 N–H and O–H groups in total. The van der Waals surface area contributed by atoms with E-state index in [1.807, 2.05) is 0 Å². The van der Waals surface area contributed by atoms with Crippen LogP contribution in [0.2, 0.25) is 5.02 Å². The summed E-state index contributed by atoms with van der Waals surface area (Å²) >= 11 is 5.43. The van der Waals surface area contributed by atoms with Gasteiger partial charge >= 0.3 is 6.36 Å². The van der Waals surface area contributed by atoms with Gasteiger partial charge in [-0.2, -0.15) is 5.26 Å². The third kappa shape index (κ3) is 2.50. The first-order valence-corrected chi connectivity index (χ1v) is 3.61. The molecule has 0 amide bonds. The van der Waals surface area contributed by atoms with Crippen molar-refractivity contribution in [3.8, 4) is 11.8 Å². The predicted molar refractivity (Wildman–Crippen MR) is 40.6 cm³/mol. The summed E-state index contributed by atoms with van der Waals surface area (Å²) in [5.41, 5.74) is -0.173. The Morgan fingerprint density at radius 1 is 1.43 bits per heavy atom. The number of aromatic nitrogens is 1. The van der Waals surface area contributed by atoms with Crippen molar-refractivity contribution in [1.82, 2.24) is 4.98 Å². The van der Waals surface area contributed by atoms with Crippen molar-refractivity contribution in [3.05, 3.63) is 23.0 Å². The highest BCUT2D eigenvalue weighted by molar-refractivity contribution is 6.33. The molecule has 14 heavy (non-hydrogen) atoms. The van der Waals surface area contributed by atoms with Crippen LogP contribution in [0.5, 0.6) is 5.75 Å². The van der Waals surface area contributed by atoms with Crippen molar-refractivity contribution in [2.45, 2.75) is 6.36 Å². The largest absolute Gasteiger partial charge is 0.573 e. The molecule has 0 aliphatic heterocycles. The minimum absolute atomic E-state index is 0.173. The molecule has 0 fully saturated rings. The van der Waals surface area contributed by atoms with Gasteiger partial charge in [0.25, 0.3) is 0 Å². The van der Waals surface area contributed by atoms with Gasteiger partial charge < -0.3 is 4.74 Å². The minimum Gasteiger partial charge on any atom is -0.402 e. The van der Waals surface area contributed by atoms with Gasteiger partial charge in [0.05, 0.1) is 11.8 Å². The van der Waals surface area contributed by atoms with E-state index >= 15 is 0 Å². The molecule has 1 aromatic heterocycles. The predicted octanol–water partition coefficient (Wildman–Crippen LogP) is 2.51. The van der Waals surface area contributed by atoms with Crippen LogP contribution in [-0.2, 0) is 0 Å². The maximum absolute atomic E-state index is 11.8. The third-order valence-electron chi connectivity index (χ3n) is 1.19. The van der Waals surface area contributed by atoms with Gasteiger partial charge in [-0.1, -0.05) is 11.6 Å². The zero-order valence-corrected chi connectivity index (χ0v) is 7.23. The van der Waals surface area contributed by atoms with Crippen molar-refractivity contribution >= 4 is 11.6 Å². The highest BCUT2D eigenvalue weighted by Crippen LogP contribution is 2.30. The smallest absolute Gasteiger partial charge is 0.402 e. The molecule has 74 valence electrons. The van der Waals surface area contributed by atoms with E-state index in [0.29, 0.717) is 0 Å². The summed E-state index contributed by atoms with van der Waals surface area (Å²) in [7, 11) is 0. The normalized spacial score (nSPS) is 10.8. The fraction of sp³-hybridized carbons (Fsp3) is 0.143. The minimum atomic E-state index is -4.85. The molecule has 1 rings (SSSR count). The summed E-state index contributed by atoms with van der Waals surface area (Å²) in [6, 6.07) is 1.58. The fourth-order valence-electron chi connectivity index (χ4n) is 0.699. The SMILES string of the molecule is N#Cc1cncc(OC(F)(F)F)c1Cl. The van der Waals surface area contributed by atoms with Gasteiger partial charge in [0.1, 0.15) is 11.1 Å². The lowest BCUT2D eigenvalue weighted by molar-refractivity contribution is -0.274. The third-order valence-corrected chi connectivity index (χ3v) is 1.58. The average molecular weight is 223 g/mol. The molecule has 0 unspecified atom stereocenters. The highest BCUT2D eigenvalue weighted by Gasteiger charge is 2.32. The monoisotopic (exact) mass is 222 g/mol. The number of rotatable bonds is 1. The van der Waals surface area contributed by atoms with E-state index in [9.17, 15) is 13.2 Å². The van der Waals surface area contributed by atoms with E-state index in [1.54, 1.807) is 6.07 Å². The van der Waals surface area contributed by atoms with Gasteiger partial charge in [-0.25, -0.2) is 0 Å². The summed E-state index contributed by atoms with van der Waals surface area (Å²) in [4.78, 5) is 3.37. The number of halogens is 4. The van der Waals surface area contributed by atoms with E-state index in [-0.39, 0.29) is 5.56 Å². The highest BCUT2D eigenvalue weighted by atomic mass is 35.5. The van der Waals surface area contributed by atoms with Crippen LogP contribution < -0.4 is 4.74 Å². The second-order valence-corrected chi connectivity index (χ2v) is 2.54. The Morgan fingerprint density at radius 3 is 2.57 bits per heavy atom. The van der Waals surface area contributed by atoms with E-state index in [1.165, 1.54) is 0 Å². The van der Waals surface area contributed by atoms with Gasteiger partial charge in [-0.3, -0.25) is 4.98 Å². The number of nitrogens with zero attached hydrogens (tertiary/aromatic N) is 2. The zero-order chi connectivity index (χ0) is 10.8. The van der Waals surface area contributed by atoms with Crippen molar-refractivity contribution in [2.75, 3.05) is 0 Å². The lowest BCUT2D eigenvalue weighted by atomic mass is 10.3. The van der Waals surface area contributed by atoms with Crippen LogP contribution in [0.4, 0.5) is 13.2 Å². The lowest BCUT2D eigenvalue weighted by Gasteiger charge is -2.09. The molecule has 1 aromatic rings. The average Bonchev–Trinajstić information content (AvgIpc) is 2.06. The van der Waals surface area contributed by atoms with Crippen LogP contribution in [0.15, 0.2) is 12.4 Å². The van der Waals surface area contributed by atoms with E-state index in [0.717, 1.165) is 12.4 Å². The maximum Gasteiger partial charge on any atom is 0.573 e. The number of ether oxygens (including phenoxy) is 1. The Balaban J connectivity index is 3.06. The quantitative estimate of drug-likeness (QED) is 0.733. The summed E-state index contributed by atoms with van der Waals surface area (Å²) in [6.07, 6.45) is -3.01. The lowest BCUT2D eigenvalue weighted by Crippen LogP contribution is -2.17. The zero-order valence-electron chi connectivity index (χ0n) is 6.47. The van der Waals surface area contributed by atoms with Crippen LogP contribution in [-0.4, -0.2) is 11.3 Å². The molecular weight excluding hydrogens is 221 g/mol. The Kier molecular flexibility index (Phi) is 2.81. The molecule has 7 heteroatoms. The first-order valence-electron chi connectivity index (χ1n) is 3.23. The van der Waals surface area contributed by atoms with E-state index < -0.39 is 17.1 Å².